The average Bonchev–Trinajstić information content (AvgIpc) is 2.35. The molecule has 1 fully saturated rings. The van der Waals surface area contributed by atoms with Crippen molar-refractivity contribution in [2.24, 2.45) is 11.8 Å². The molecule has 3 heteroatoms. The van der Waals surface area contributed by atoms with E-state index in [9.17, 15) is 0 Å². The van der Waals surface area contributed by atoms with E-state index < -0.39 is 0 Å². The summed E-state index contributed by atoms with van der Waals surface area (Å²) in [5.41, 5.74) is 0. The third-order valence-corrected chi connectivity index (χ3v) is 3.74. The Labute approximate surface area is 113 Å². The highest BCUT2D eigenvalue weighted by atomic mass is 16.7. The van der Waals surface area contributed by atoms with Gasteiger partial charge in [-0.2, -0.15) is 0 Å². The lowest BCUT2D eigenvalue weighted by Crippen LogP contribution is -2.30. The molecule has 0 aromatic rings. The Morgan fingerprint density at radius 3 is 2.50 bits per heavy atom. The number of nitrogens with one attached hydrogen (secondary N) is 1. The highest BCUT2D eigenvalue weighted by Gasteiger charge is 2.18. The van der Waals surface area contributed by atoms with Gasteiger partial charge < -0.3 is 14.8 Å². The first-order chi connectivity index (χ1) is 8.76. The van der Waals surface area contributed by atoms with Gasteiger partial charge in [-0.05, 0) is 51.6 Å². The van der Waals surface area contributed by atoms with Crippen LogP contribution < -0.4 is 5.32 Å². The molecule has 1 N–H and O–H groups in total. The maximum absolute atomic E-state index is 5.53. The molecule has 0 aromatic heterocycles. The summed E-state index contributed by atoms with van der Waals surface area (Å²) in [6, 6.07) is 0. The van der Waals surface area contributed by atoms with E-state index in [0.717, 1.165) is 44.6 Å². The molecule has 0 radical (unpaired) electrons. The van der Waals surface area contributed by atoms with Gasteiger partial charge in [0.05, 0.1) is 0 Å². The predicted octanol–water partition coefficient (Wildman–Crippen LogP) is 3.19. The third kappa shape index (κ3) is 6.72. The van der Waals surface area contributed by atoms with Crippen LogP contribution in [0, 0.1) is 11.8 Å². The van der Waals surface area contributed by atoms with E-state index in [1.165, 1.54) is 25.7 Å². The molecule has 1 saturated carbocycles. The molecule has 1 rings (SSSR count). The van der Waals surface area contributed by atoms with E-state index in [2.05, 4.69) is 12.2 Å². The third-order valence-electron chi connectivity index (χ3n) is 3.74. The van der Waals surface area contributed by atoms with Gasteiger partial charge in [0.2, 0.25) is 0 Å². The molecule has 1 aliphatic rings. The van der Waals surface area contributed by atoms with Crippen molar-refractivity contribution in [2.75, 3.05) is 26.3 Å². The Kier molecular flexibility index (Phi) is 8.64. The van der Waals surface area contributed by atoms with Crippen LogP contribution in [0.1, 0.15) is 52.9 Å². The summed E-state index contributed by atoms with van der Waals surface area (Å²) in [4.78, 5) is 0. The molecule has 3 nitrogen and oxygen atoms in total. The monoisotopic (exact) mass is 257 g/mol. The van der Waals surface area contributed by atoms with Crippen molar-refractivity contribution in [3.8, 4) is 0 Å². The lowest BCUT2D eigenvalue weighted by molar-refractivity contribution is -0.138. The van der Waals surface area contributed by atoms with E-state index in [4.69, 9.17) is 9.47 Å². The Balaban J connectivity index is 2.05. The number of hydrogen-bond acceptors (Lipinski definition) is 3. The van der Waals surface area contributed by atoms with Crippen LogP contribution in [0.25, 0.3) is 0 Å². The molecule has 0 aliphatic heterocycles. The zero-order chi connectivity index (χ0) is 13.2. The van der Waals surface area contributed by atoms with E-state index in [-0.39, 0.29) is 6.29 Å². The van der Waals surface area contributed by atoms with Gasteiger partial charge in [-0.25, -0.2) is 0 Å². The summed E-state index contributed by atoms with van der Waals surface area (Å²) < 4.78 is 11.1. The molecule has 18 heavy (non-hydrogen) atoms. The van der Waals surface area contributed by atoms with E-state index in [1.54, 1.807) is 0 Å². The molecule has 0 saturated heterocycles. The molecular formula is C15H31NO2. The van der Waals surface area contributed by atoms with Gasteiger partial charge >= 0.3 is 0 Å². The maximum Gasteiger partial charge on any atom is 0.158 e. The second-order valence-electron chi connectivity index (χ2n) is 5.47. The first-order valence-electron chi connectivity index (χ1n) is 7.70. The van der Waals surface area contributed by atoms with Crippen molar-refractivity contribution in [3.63, 3.8) is 0 Å². The van der Waals surface area contributed by atoms with Crippen LogP contribution in [-0.2, 0) is 9.47 Å². The van der Waals surface area contributed by atoms with Crippen LogP contribution in [0.4, 0.5) is 0 Å². The second kappa shape index (κ2) is 9.76. The van der Waals surface area contributed by atoms with Crippen LogP contribution >= 0.6 is 0 Å². The van der Waals surface area contributed by atoms with Gasteiger partial charge in [0.25, 0.3) is 0 Å². The lowest BCUT2D eigenvalue weighted by Gasteiger charge is -2.27. The molecule has 0 amide bonds. The van der Waals surface area contributed by atoms with Crippen molar-refractivity contribution >= 4 is 0 Å². The smallest absolute Gasteiger partial charge is 0.158 e. The zero-order valence-electron chi connectivity index (χ0n) is 12.4. The molecule has 0 aromatic carbocycles. The average molecular weight is 257 g/mol. The summed E-state index contributed by atoms with van der Waals surface area (Å²) in [6.45, 7) is 10.0. The normalized spacial score (nSPS) is 24.7. The molecule has 0 heterocycles. The minimum atomic E-state index is -0.0298. The Bertz CT molecular complexity index is 186. The van der Waals surface area contributed by atoms with Crippen LogP contribution in [0.2, 0.25) is 0 Å². The minimum Gasteiger partial charge on any atom is -0.353 e. The van der Waals surface area contributed by atoms with E-state index >= 15 is 0 Å². The second-order valence-corrected chi connectivity index (χ2v) is 5.47. The van der Waals surface area contributed by atoms with Crippen molar-refractivity contribution < 1.29 is 9.47 Å². The summed E-state index contributed by atoms with van der Waals surface area (Å²) in [7, 11) is 0. The predicted molar refractivity (Wildman–Crippen MR) is 75.6 cm³/mol. The molecule has 1 aliphatic carbocycles. The summed E-state index contributed by atoms with van der Waals surface area (Å²) in [5, 5.41) is 3.56. The van der Waals surface area contributed by atoms with Crippen LogP contribution in [0.3, 0.4) is 0 Å². The minimum absolute atomic E-state index is 0.0298. The van der Waals surface area contributed by atoms with Gasteiger partial charge in [-0.15, -0.1) is 0 Å². The van der Waals surface area contributed by atoms with Gasteiger partial charge in [0.1, 0.15) is 0 Å². The topological polar surface area (TPSA) is 30.5 Å². The molecule has 108 valence electrons. The fourth-order valence-corrected chi connectivity index (χ4v) is 2.86. The molecule has 2 unspecified atom stereocenters. The van der Waals surface area contributed by atoms with Gasteiger partial charge in [0.15, 0.2) is 6.29 Å². The molecule has 0 bridgehead atoms. The highest BCUT2D eigenvalue weighted by molar-refractivity contribution is 4.72. The molecule has 0 spiro atoms. The Morgan fingerprint density at radius 1 is 1.17 bits per heavy atom. The van der Waals surface area contributed by atoms with Gasteiger partial charge in [-0.3, -0.25) is 0 Å². The van der Waals surface area contributed by atoms with Crippen LogP contribution in [0.5, 0.6) is 0 Å². The first-order valence-corrected chi connectivity index (χ1v) is 7.70. The highest BCUT2D eigenvalue weighted by Crippen LogP contribution is 2.27. The summed E-state index contributed by atoms with van der Waals surface area (Å²) in [5.74, 6) is 1.80. The number of hydrogen-bond donors (Lipinski definition) is 1. The Hall–Kier alpha value is -0.120. The first kappa shape index (κ1) is 15.9. The molecular weight excluding hydrogens is 226 g/mol. The van der Waals surface area contributed by atoms with Gasteiger partial charge in [-0.1, -0.05) is 19.8 Å². The van der Waals surface area contributed by atoms with Gasteiger partial charge in [0, 0.05) is 19.6 Å². The standard InChI is InChI=1S/C15H31NO2/c1-4-17-15(18-5-2)9-10-16-12-14-8-6-7-13(3)11-14/h13-16H,4-12H2,1-3H3. The summed E-state index contributed by atoms with van der Waals surface area (Å²) >= 11 is 0. The fraction of sp³-hybridized carbons (Fsp3) is 1.00. The summed E-state index contributed by atoms with van der Waals surface area (Å²) in [6.07, 6.45) is 6.55. The zero-order valence-corrected chi connectivity index (χ0v) is 12.4. The molecule has 2 atom stereocenters. The lowest BCUT2D eigenvalue weighted by atomic mass is 9.82. The van der Waals surface area contributed by atoms with E-state index in [0.29, 0.717) is 0 Å². The fourth-order valence-electron chi connectivity index (χ4n) is 2.86. The SMILES string of the molecule is CCOC(CCNCC1CCCC(C)C1)OCC. The van der Waals surface area contributed by atoms with Crippen LogP contribution in [-0.4, -0.2) is 32.6 Å². The largest absolute Gasteiger partial charge is 0.353 e. The van der Waals surface area contributed by atoms with Crippen molar-refractivity contribution in [1.82, 2.24) is 5.32 Å². The number of rotatable bonds is 9. The Morgan fingerprint density at radius 2 is 1.89 bits per heavy atom. The maximum atomic E-state index is 5.53. The van der Waals surface area contributed by atoms with Crippen molar-refractivity contribution in [2.45, 2.75) is 59.2 Å². The number of ether oxygens (including phenoxy) is 2. The quantitative estimate of drug-likeness (QED) is 0.508. The van der Waals surface area contributed by atoms with Crippen molar-refractivity contribution in [1.29, 1.82) is 0 Å². The van der Waals surface area contributed by atoms with E-state index in [1.807, 2.05) is 13.8 Å². The van der Waals surface area contributed by atoms with Crippen molar-refractivity contribution in [3.05, 3.63) is 0 Å². The van der Waals surface area contributed by atoms with Crippen LogP contribution in [0.15, 0.2) is 0 Å².